The Bertz CT molecular complexity index is 745. The molecule has 0 N–H and O–H groups in total. The number of carbonyl (C=O) groups excluding carboxylic acids is 2. The van der Waals surface area contributed by atoms with Crippen LogP contribution >= 0.6 is 0 Å². The van der Waals surface area contributed by atoms with Crippen molar-refractivity contribution in [3.8, 4) is 0 Å². The Morgan fingerprint density at radius 3 is 1.76 bits per heavy atom. The van der Waals surface area contributed by atoms with E-state index in [1.165, 1.54) is 0 Å². The minimum absolute atomic E-state index is 0.0580. The second-order valence-electron chi connectivity index (χ2n) is 4.84. The van der Waals surface area contributed by atoms with Crippen LogP contribution in [0.2, 0.25) is 0 Å². The number of anilines is 2. The summed E-state index contributed by atoms with van der Waals surface area (Å²) in [6.07, 6.45) is -10.7. The van der Waals surface area contributed by atoms with Crippen LogP contribution in [-0.2, 0) is 9.59 Å². The number of rotatable bonds is 1. The molecule has 136 valence electrons. The number of alkyl halides is 6. The molecular formula is C12H7F6N3O4. The van der Waals surface area contributed by atoms with Crippen LogP contribution in [0.4, 0.5) is 43.4 Å². The van der Waals surface area contributed by atoms with Crippen LogP contribution < -0.4 is 9.80 Å². The second-order valence-corrected chi connectivity index (χ2v) is 4.84. The molecule has 13 heteroatoms. The van der Waals surface area contributed by atoms with Crippen molar-refractivity contribution in [2.45, 2.75) is 12.4 Å². The monoisotopic (exact) mass is 371 g/mol. The van der Waals surface area contributed by atoms with Gasteiger partial charge in [-0.2, -0.15) is 26.3 Å². The molecule has 0 bridgehead atoms. The predicted molar refractivity (Wildman–Crippen MR) is 69.9 cm³/mol. The van der Waals surface area contributed by atoms with Crippen molar-refractivity contribution >= 4 is 28.9 Å². The van der Waals surface area contributed by atoms with E-state index < -0.39 is 59.2 Å². The van der Waals surface area contributed by atoms with Gasteiger partial charge in [0.15, 0.2) is 0 Å². The molecule has 0 saturated heterocycles. The summed E-state index contributed by atoms with van der Waals surface area (Å²) in [4.78, 5) is 32.8. The molecule has 2 rings (SSSR count). The highest BCUT2D eigenvalue weighted by Gasteiger charge is 2.49. The molecule has 1 aromatic carbocycles. The minimum Gasteiger partial charge on any atom is -0.301 e. The van der Waals surface area contributed by atoms with Gasteiger partial charge in [0.25, 0.3) is 5.69 Å². The number of nitro benzene ring substituents is 1. The van der Waals surface area contributed by atoms with Crippen molar-refractivity contribution in [1.29, 1.82) is 0 Å². The standard InChI is InChI=1S/C12H7F6N3O4/c13-11(14,15)9(22)19-3-4-20(10(23)12(16,17)18)8-5-6(21(24)25)1-2-7(8)19/h1-2,5H,3-4H2. The van der Waals surface area contributed by atoms with E-state index in [9.17, 15) is 46.0 Å². The zero-order valence-corrected chi connectivity index (χ0v) is 11.9. The van der Waals surface area contributed by atoms with E-state index >= 15 is 0 Å². The highest BCUT2D eigenvalue weighted by molar-refractivity contribution is 6.07. The number of halogens is 6. The van der Waals surface area contributed by atoms with E-state index in [0.717, 1.165) is 6.07 Å². The highest BCUT2D eigenvalue weighted by atomic mass is 19.4. The fourth-order valence-electron chi connectivity index (χ4n) is 2.24. The maximum Gasteiger partial charge on any atom is 0.471 e. The van der Waals surface area contributed by atoms with Crippen molar-refractivity contribution in [3.63, 3.8) is 0 Å². The Labute approximate surface area is 134 Å². The Hall–Kier alpha value is -2.86. The van der Waals surface area contributed by atoms with Gasteiger partial charge in [0.05, 0.1) is 16.3 Å². The predicted octanol–water partition coefficient (Wildman–Crippen LogP) is 2.40. The second kappa shape index (κ2) is 5.89. The summed E-state index contributed by atoms with van der Waals surface area (Å²) in [7, 11) is 0. The summed E-state index contributed by atoms with van der Waals surface area (Å²) in [5.41, 5.74) is -2.24. The molecule has 25 heavy (non-hydrogen) atoms. The van der Waals surface area contributed by atoms with Crippen LogP contribution in [-0.4, -0.2) is 42.2 Å². The number of hydrogen-bond donors (Lipinski definition) is 0. The van der Waals surface area contributed by atoms with E-state index in [0.29, 0.717) is 12.1 Å². The van der Waals surface area contributed by atoms with E-state index in [1.807, 2.05) is 0 Å². The summed E-state index contributed by atoms with van der Waals surface area (Å²) in [5.74, 6) is -4.77. The van der Waals surface area contributed by atoms with Crippen LogP contribution in [0, 0.1) is 10.1 Å². The van der Waals surface area contributed by atoms with Crippen molar-refractivity contribution in [1.82, 2.24) is 0 Å². The van der Waals surface area contributed by atoms with Gasteiger partial charge in [0, 0.05) is 25.2 Å². The van der Waals surface area contributed by atoms with Crippen molar-refractivity contribution in [3.05, 3.63) is 28.3 Å². The van der Waals surface area contributed by atoms with E-state index in [1.54, 1.807) is 0 Å². The topological polar surface area (TPSA) is 83.8 Å². The molecule has 2 amide bonds. The summed E-state index contributed by atoms with van der Waals surface area (Å²) in [5, 5.41) is 10.8. The fourth-order valence-corrected chi connectivity index (χ4v) is 2.24. The number of benzene rings is 1. The third-order valence-electron chi connectivity index (χ3n) is 3.27. The number of amides is 2. The first-order chi connectivity index (χ1) is 11.3. The smallest absolute Gasteiger partial charge is 0.301 e. The number of fused-ring (bicyclic) bond motifs is 1. The SMILES string of the molecule is O=C(N1CCN(C(=O)C(F)(F)F)c2cc([N+](=O)[O-])ccc21)C(F)(F)F. The average Bonchev–Trinajstić information content (AvgIpc) is 2.50. The molecule has 0 unspecified atom stereocenters. The molecule has 0 aliphatic carbocycles. The lowest BCUT2D eigenvalue weighted by Crippen LogP contribution is -2.52. The first-order valence-corrected chi connectivity index (χ1v) is 6.40. The van der Waals surface area contributed by atoms with Gasteiger partial charge in [-0.1, -0.05) is 0 Å². The van der Waals surface area contributed by atoms with Crippen LogP contribution in [0.25, 0.3) is 0 Å². The Balaban J connectivity index is 2.58. The molecular weight excluding hydrogens is 364 g/mol. The molecule has 1 aliphatic rings. The Morgan fingerprint density at radius 2 is 1.36 bits per heavy atom. The molecule has 0 spiro atoms. The molecule has 1 heterocycles. The molecule has 0 aromatic heterocycles. The van der Waals surface area contributed by atoms with E-state index in [2.05, 4.69) is 0 Å². The van der Waals surface area contributed by atoms with Crippen molar-refractivity contribution in [2.24, 2.45) is 0 Å². The van der Waals surface area contributed by atoms with Gasteiger partial charge in [-0.05, 0) is 6.07 Å². The number of nitro groups is 1. The lowest BCUT2D eigenvalue weighted by atomic mass is 10.1. The average molecular weight is 371 g/mol. The summed E-state index contributed by atoms with van der Waals surface area (Å²) in [6, 6.07) is 1.92. The van der Waals surface area contributed by atoms with E-state index in [-0.39, 0.29) is 9.80 Å². The normalized spacial score (nSPS) is 15.0. The van der Waals surface area contributed by atoms with Gasteiger partial charge in [-0.15, -0.1) is 0 Å². The first kappa shape index (κ1) is 18.5. The summed E-state index contributed by atoms with van der Waals surface area (Å²) in [6.45, 7) is -1.76. The number of non-ortho nitro benzene ring substituents is 1. The largest absolute Gasteiger partial charge is 0.471 e. The molecule has 0 radical (unpaired) electrons. The lowest BCUT2D eigenvalue weighted by Gasteiger charge is -2.36. The van der Waals surface area contributed by atoms with Gasteiger partial charge in [-0.3, -0.25) is 19.7 Å². The van der Waals surface area contributed by atoms with Gasteiger partial charge in [0.1, 0.15) is 0 Å². The summed E-state index contributed by atoms with van der Waals surface area (Å²) < 4.78 is 75.8. The quantitative estimate of drug-likeness (QED) is 0.431. The first-order valence-electron chi connectivity index (χ1n) is 6.40. The van der Waals surface area contributed by atoms with Gasteiger partial charge >= 0.3 is 24.2 Å². The van der Waals surface area contributed by atoms with Crippen LogP contribution in [0.5, 0.6) is 0 Å². The van der Waals surface area contributed by atoms with Crippen molar-refractivity contribution in [2.75, 3.05) is 22.9 Å². The molecule has 0 atom stereocenters. The van der Waals surface area contributed by atoms with Crippen LogP contribution in [0.15, 0.2) is 18.2 Å². The third-order valence-corrected chi connectivity index (χ3v) is 3.27. The van der Waals surface area contributed by atoms with Crippen LogP contribution in [0.1, 0.15) is 0 Å². The van der Waals surface area contributed by atoms with Gasteiger partial charge in [0.2, 0.25) is 0 Å². The zero-order chi connectivity index (χ0) is 19.2. The fraction of sp³-hybridized carbons (Fsp3) is 0.333. The minimum atomic E-state index is -5.35. The maximum atomic E-state index is 12.6. The summed E-state index contributed by atoms with van der Waals surface area (Å²) >= 11 is 0. The molecule has 1 aliphatic heterocycles. The molecule has 7 nitrogen and oxygen atoms in total. The molecule has 0 saturated carbocycles. The number of carbonyl (C=O) groups is 2. The van der Waals surface area contributed by atoms with E-state index in [4.69, 9.17) is 0 Å². The molecule has 1 aromatic rings. The van der Waals surface area contributed by atoms with Crippen LogP contribution in [0.3, 0.4) is 0 Å². The zero-order valence-electron chi connectivity index (χ0n) is 11.9. The Morgan fingerprint density at radius 1 is 0.920 bits per heavy atom. The Kier molecular flexibility index (Phi) is 4.36. The molecule has 0 fully saturated rings. The highest BCUT2D eigenvalue weighted by Crippen LogP contribution is 2.39. The lowest BCUT2D eigenvalue weighted by molar-refractivity contribution is -0.384. The number of nitrogens with zero attached hydrogens (tertiary/aromatic N) is 3. The van der Waals surface area contributed by atoms with Gasteiger partial charge < -0.3 is 9.80 Å². The maximum absolute atomic E-state index is 12.6. The van der Waals surface area contributed by atoms with Crippen molar-refractivity contribution < 1.29 is 40.9 Å². The third kappa shape index (κ3) is 3.49. The number of hydrogen-bond acceptors (Lipinski definition) is 4. The van der Waals surface area contributed by atoms with Gasteiger partial charge in [-0.25, -0.2) is 0 Å².